The molecule has 0 saturated carbocycles. The molecular weight excluding hydrogens is 256 g/mol. The van der Waals surface area contributed by atoms with Crippen LogP contribution in [0.1, 0.15) is 11.3 Å². The molecule has 0 atom stereocenters. The Balaban J connectivity index is 1.83. The zero-order valence-corrected chi connectivity index (χ0v) is 11.4. The van der Waals surface area contributed by atoms with E-state index in [1.165, 1.54) is 12.3 Å². The summed E-state index contributed by atoms with van der Waals surface area (Å²) in [5.74, 6) is 1.07. The topological polar surface area (TPSA) is 77.3 Å². The highest BCUT2D eigenvalue weighted by Gasteiger charge is 2.02. The van der Waals surface area contributed by atoms with Gasteiger partial charge in [-0.3, -0.25) is 4.79 Å². The lowest BCUT2D eigenvalue weighted by Crippen LogP contribution is -2.15. The highest BCUT2D eigenvalue weighted by molar-refractivity contribution is 5.27. The van der Waals surface area contributed by atoms with E-state index in [0.717, 1.165) is 11.3 Å². The van der Waals surface area contributed by atoms with Crippen LogP contribution in [0.3, 0.4) is 0 Å². The molecular formula is C15H18N2O3. The second-order valence-electron chi connectivity index (χ2n) is 4.40. The minimum atomic E-state index is -0.181. The van der Waals surface area contributed by atoms with Crippen molar-refractivity contribution in [2.24, 2.45) is 5.73 Å². The largest absolute Gasteiger partial charge is 0.490 e. The first-order chi connectivity index (χ1) is 9.69. The van der Waals surface area contributed by atoms with Gasteiger partial charge in [0.1, 0.15) is 19.0 Å². The van der Waals surface area contributed by atoms with Crippen LogP contribution >= 0.6 is 0 Å². The zero-order valence-electron chi connectivity index (χ0n) is 11.4. The normalized spacial score (nSPS) is 10.3. The van der Waals surface area contributed by atoms with Crippen LogP contribution in [0.4, 0.5) is 0 Å². The Morgan fingerprint density at radius 1 is 1.20 bits per heavy atom. The summed E-state index contributed by atoms with van der Waals surface area (Å²) >= 11 is 0. The molecule has 0 spiro atoms. The van der Waals surface area contributed by atoms with Crippen molar-refractivity contribution in [3.05, 3.63) is 58.0 Å². The van der Waals surface area contributed by atoms with Crippen molar-refractivity contribution in [1.29, 1.82) is 0 Å². The zero-order chi connectivity index (χ0) is 14.4. The van der Waals surface area contributed by atoms with Crippen LogP contribution < -0.4 is 20.6 Å². The minimum Gasteiger partial charge on any atom is -0.490 e. The van der Waals surface area contributed by atoms with Gasteiger partial charge in [-0.15, -0.1) is 0 Å². The number of rotatable bonds is 6. The predicted octanol–water partition coefficient (Wildman–Crippen LogP) is 1.60. The summed E-state index contributed by atoms with van der Waals surface area (Å²) in [5.41, 5.74) is 7.07. The van der Waals surface area contributed by atoms with Crippen LogP contribution in [0.15, 0.2) is 41.3 Å². The molecule has 0 fully saturated rings. The van der Waals surface area contributed by atoms with E-state index in [1.807, 2.05) is 31.2 Å². The van der Waals surface area contributed by atoms with Gasteiger partial charge < -0.3 is 20.2 Å². The molecule has 1 aromatic carbocycles. The number of benzene rings is 1. The third-order valence-electron chi connectivity index (χ3n) is 2.76. The van der Waals surface area contributed by atoms with E-state index in [2.05, 4.69) is 4.98 Å². The summed E-state index contributed by atoms with van der Waals surface area (Å²) in [6, 6.07) is 9.21. The molecule has 0 unspecified atom stereocenters. The maximum absolute atomic E-state index is 11.7. The Morgan fingerprint density at radius 2 is 2.00 bits per heavy atom. The van der Waals surface area contributed by atoms with E-state index in [-0.39, 0.29) is 11.2 Å². The van der Waals surface area contributed by atoms with Crippen molar-refractivity contribution in [2.75, 3.05) is 13.2 Å². The molecule has 5 heteroatoms. The van der Waals surface area contributed by atoms with Gasteiger partial charge in [-0.1, -0.05) is 12.1 Å². The Labute approximate surface area is 117 Å². The fourth-order valence-corrected chi connectivity index (χ4v) is 1.75. The number of hydrogen-bond acceptors (Lipinski definition) is 4. The molecule has 0 saturated heterocycles. The summed E-state index contributed by atoms with van der Waals surface area (Å²) in [6.07, 6.45) is 1.52. The van der Waals surface area contributed by atoms with Crippen molar-refractivity contribution in [3.8, 4) is 11.5 Å². The first kappa shape index (κ1) is 14.1. The third-order valence-corrected chi connectivity index (χ3v) is 2.76. The summed E-state index contributed by atoms with van der Waals surface area (Å²) < 4.78 is 10.9. The summed E-state index contributed by atoms with van der Waals surface area (Å²) in [6.45, 7) is 2.98. The molecule has 0 bridgehead atoms. The quantitative estimate of drug-likeness (QED) is 0.784. The average molecular weight is 274 g/mol. The monoisotopic (exact) mass is 274 g/mol. The van der Waals surface area contributed by atoms with E-state index >= 15 is 0 Å². The lowest BCUT2D eigenvalue weighted by atomic mass is 10.2. The first-order valence-corrected chi connectivity index (χ1v) is 6.43. The van der Waals surface area contributed by atoms with Crippen LogP contribution in [0, 0.1) is 6.92 Å². The minimum absolute atomic E-state index is 0.181. The summed E-state index contributed by atoms with van der Waals surface area (Å²) in [7, 11) is 0. The van der Waals surface area contributed by atoms with Crippen molar-refractivity contribution in [3.63, 3.8) is 0 Å². The maximum Gasteiger partial charge on any atom is 0.223 e. The number of nitrogens with one attached hydrogen (secondary N) is 1. The fraction of sp³-hybridized carbons (Fsp3) is 0.267. The van der Waals surface area contributed by atoms with Crippen molar-refractivity contribution in [1.82, 2.24) is 4.98 Å². The molecule has 0 amide bonds. The first-order valence-electron chi connectivity index (χ1n) is 6.43. The van der Waals surface area contributed by atoms with Crippen molar-refractivity contribution in [2.45, 2.75) is 13.5 Å². The van der Waals surface area contributed by atoms with Gasteiger partial charge in [-0.2, -0.15) is 0 Å². The van der Waals surface area contributed by atoms with Crippen molar-refractivity contribution >= 4 is 0 Å². The molecule has 5 nitrogen and oxygen atoms in total. The van der Waals surface area contributed by atoms with Crippen LogP contribution in [-0.2, 0) is 6.54 Å². The number of aromatic nitrogens is 1. The van der Waals surface area contributed by atoms with Gasteiger partial charge in [-0.05, 0) is 24.6 Å². The van der Waals surface area contributed by atoms with E-state index in [0.29, 0.717) is 25.5 Å². The Morgan fingerprint density at radius 3 is 2.70 bits per heavy atom. The standard InChI is InChI=1S/C15H18N2O3/c1-11-3-2-4-13(7-11)19-5-6-20-15-10-17-12(9-16)8-14(15)18/h2-4,7-8,10H,5-6,9,16H2,1H3,(H,17,18). The second kappa shape index (κ2) is 6.77. The van der Waals surface area contributed by atoms with Gasteiger partial charge >= 0.3 is 0 Å². The third kappa shape index (κ3) is 3.86. The molecule has 1 aromatic heterocycles. The number of hydrogen-bond donors (Lipinski definition) is 2. The van der Waals surface area contributed by atoms with Gasteiger partial charge in [-0.25, -0.2) is 0 Å². The number of H-pyrrole nitrogens is 1. The molecule has 20 heavy (non-hydrogen) atoms. The molecule has 106 valence electrons. The van der Waals surface area contributed by atoms with E-state index < -0.39 is 0 Å². The molecule has 2 rings (SSSR count). The number of aryl methyl sites for hydroxylation is 1. The van der Waals surface area contributed by atoms with Gasteiger partial charge in [0, 0.05) is 24.5 Å². The average Bonchev–Trinajstić information content (AvgIpc) is 2.45. The smallest absolute Gasteiger partial charge is 0.223 e. The maximum atomic E-state index is 11.7. The number of ether oxygens (including phenoxy) is 2. The van der Waals surface area contributed by atoms with Crippen molar-refractivity contribution < 1.29 is 9.47 Å². The SMILES string of the molecule is Cc1cccc(OCCOc2c[nH]c(CN)cc2=O)c1. The van der Waals surface area contributed by atoms with E-state index in [1.54, 1.807) is 0 Å². The molecule has 0 aliphatic heterocycles. The van der Waals surface area contributed by atoms with Crippen LogP contribution in [0.5, 0.6) is 11.5 Å². The number of nitrogens with two attached hydrogens (primary N) is 1. The lowest BCUT2D eigenvalue weighted by molar-refractivity contribution is 0.215. The highest BCUT2D eigenvalue weighted by atomic mass is 16.5. The molecule has 0 radical (unpaired) electrons. The number of pyridine rings is 1. The molecule has 3 N–H and O–H groups in total. The number of aromatic amines is 1. The van der Waals surface area contributed by atoms with Gasteiger partial charge in [0.05, 0.1) is 0 Å². The Kier molecular flexibility index (Phi) is 4.79. The summed E-state index contributed by atoms with van der Waals surface area (Å²) in [4.78, 5) is 14.6. The summed E-state index contributed by atoms with van der Waals surface area (Å²) in [5, 5.41) is 0. The predicted molar refractivity (Wildman–Crippen MR) is 77.1 cm³/mol. The van der Waals surface area contributed by atoms with Crippen LogP contribution in [-0.4, -0.2) is 18.2 Å². The Bertz CT molecular complexity index is 623. The molecule has 2 aromatic rings. The van der Waals surface area contributed by atoms with Gasteiger partial charge in [0.25, 0.3) is 0 Å². The molecule has 0 aliphatic rings. The van der Waals surface area contributed by atoms with Crippen LogP contribution in [0.2, 0.25) is 0 Å². The van der Waals surface area contributed by atoms with Gasteiger partial charge in [0.2, 0.25) is 5.43 Å². The lowest BCUT2D eigenvalue weighted by Gasteiger charge is -2.08. The molecule has 1 heterocycles. The molecule has 0 aliphatic carbocycles. The van der Waals surface area contributed by atoms with Gasteiger partial charge in [0.15, 0.2) is 5.75 Å². The second-order valence-corrected chi connectivity index (χ2v) is 4.40. The highest BCUT2D eigenvalue weighted by Crippen LogP contribution is 2.12. The fourth-order valence-electron chi connectivity index (χ4n) is 1.75. The van der Waals surface area contributed by atoms with Crippen LogP contribution in [0.25, 0.3) is 0 Å². The van der Waals surface area contributed by atoms with E-state index in [9.17, 15) is 4.79 Å². The van der Waals surface area contributed by atoms with E-state index in [4.69, 9.17) is 15.2 Å². The Hall–Kier alpha value is -2.27.